The Morgan fingerprint density at radius 3 is 2.73 bits per heavy atom. The van der Waals surface area contributed by atoms with Gasteiger partial charge in [0.1, 0.15) is 11.8 Å². The van der Waals surface area contributed by atoms with E-state index in [1.807, 2.05) is 36.4 Å². The quantitative estimate of drug-likeness (QED) is 0.870. The first-order valence-electron chi connectivity index (χ1n) is 7.90. The molecule has 0 aromatic carbocycles. The zero-order valence-corrected chi connectivity index (χ0v) is 13.4. The van der Waals surface area contributed by atoms with E-state index in [1.165, 1.54) is 24.1 Å². The summed E-state index contributed by atoms with van der Waals surface area (Å²) >= 11 is 0. The molecule has 0 spiro atoms. The molecule has 1 aliphatic heterocycles. The average Bonchev–Trinajstić information content (AvgIpc) is 3.13. The second-order valence-corrected chi connectivity index (χ2v) is 6.29. The summed E-state index contributed by atoms with van der Waals surface area (Å²) in [4.78, 5) is 6.62. The number of nitrogens with zero attached hydrogens (tertiary/aromatic N) is 5. The summed E-state index contributed by atoms with van der Waals surface area (Å²) in [5.74, 6) is 0.747. The number of imidazole rings is 1. The fraction of sp³-hybridized carbons (Fsp3) is 0.529. The molecular formula is C17H23N5. The molecule has 22 heavy (non-hydrogen) atoms. The largest absolute Gasteiger partial charge is 0.340 e. The van der Waals surface area contributed by atoms with Crippen LogP contribution in [0.15, 0.2) is 24.8 Å². The van der Waals surface area contributed by atoms with E-state index in [-0.39, 0.29) is 0 Å². The highest BCUT2D eigenvalue weighted by Gasteiger charge is 2.21. The minimum Gasteiger partial charge on any atom is -0.340 e. The third kappa shape index (κ3) is 3.07. The van der Waals surface area contributed by atoms with Gasteiger partial charge in [0.05, 0.1) is 6.33 Å². The number of hydrogen-bond donors (Lipinski definition) is 0. The Balaban J connectivity index is 1.55. The first kappa shape index (κ1) is 14.9. The number of nitriles is 1. The summed E-state index contributed by atoms with van der Waals surface area (Å²) in [5.41, 5.74) is 3.24. The minimum absolute atomic E-state index is 0.747. The number of piperidine rings is 1. The van der Waals surface area contributed by atoms with Gasteiger partial charge in [-0.15, -0.1) is 0 Å². The first-order chi connectivity index (χ1) is 10.7. The first-order valence-corrected chi connectivity index (χ1v) is 7.90. The predicted molar refractivity (Wildman–Crippen MR) is 85.1 cm³/mol. The van der Waals surface area contributed by atoms with Crippen molar-refractivity contribution in [2.24, 2.45) is 13.0 Å². The topological polar surface area (TPSA) is 49.8 Å². The van der Waals surface area contributed by atoms with Gasteiger partial charge in [0.15, 0.2) is 0 Å². The SMILES string of the molecule is Cc1c(CN2CCC(Cn3ccnc3)CC2)cc(C#N)n1C. The van der Waals surface area contributed by atoms with Crippen molar-refractivity contribution in [3.05, 3.63) is 41.7 Å². The molecule has 116 valence electrons. The summed E-state index contributed by atoms with van der Waals surface area (Å²) in [6.45, 7) is 6.41. The van der Waals surface area contributed by atoms with Crippen molar-refractivity contribution < 1.29 is 0 Å². The Bertz CT molecular complexity index is 654. The van der Waals surface area contributed by atoms with Crippen molar-refractivity contribution in [3.63, 3.8) is 0 Å². The van der Waals surface area contributed by atoms with Crippen LogP contribution in [0.4, 0.5) is 0 Å². The molecule has 0 bridgehead atoms. The lowest BCUT2D eigenvalue weighted by Gasteiger charge is -2.32. The molecule has 1 aliphatic rings. The second-order valence-electron chi connectivity index (χ2n) is 6.29. The molecule has 2 aromatic heterocycles. The van der Waals surface area contributed by atoms with Crippen molar-refractivity contribution in [2.45, 2.75) is 32.9 Å². The Morgan fingerprint density at radius 1 is 1.36 bits per heavy atom. The Kier molecular flexibility index (Phi) is 4.30. The van der Waals surface area contributed by atoms with E-state index in [0.717, 1.165) is 37.8 Å². The second kappa shape index (κ2) is 6.37. The molecule has 5 heteroatoms. The zero-order chi connectivity index (χ0) is 15.5. The lowest BCUT2D eigenvalue weighted by atomic mass is 9.96. The maximum atomic E-state index is 9.13. The van der Waals surface area contributed by atoms with E-state index in [4.69, 9.17) is 5.26 Å². The lowest BCUT2D eigenvalue weighted by Crippen LogP contribution is -2.34. The molecule has 0 N–H and O–H groups in total. The Hall–Kier alpha value is -2.06. The molecule has 0 aliphatic carbocycles. The van der Waals surface area contributed by atoms with Crippen LogP contribution in [-0.2, 0) is 20.1 Å². The molecule has 1 fully saturated rings. The van der Waals surface area contributed by atoms with E-state index in [0.29, 0.717) is 0 Å². The van der Waals surface area contributed by atoms with Crippen LogP contribution in [0.1, 0.15) is 29.8 Å². The molecular weight excluding hydrogens is 274 g/mol. The number of aromatic nitrogens is 3. The standard InChI is InChI=1S/C17H23N5/c1-14-16(9-17(10-18)20(14)2)12-21-6-3-15(4-7-21)11-22-8-5-19-13-22/h5,8-9,13,15H,3-4,6-7,11-12H2,1-2H3. The average molecular weight is 297 g/mol. The van der Waals surface area contributed by atoms with Gasteiger partial charge in [-0.2, -0.15) is 5.26 Å². The molecule has 0 saturated carbocycles. The third-order valence-electron chi connectivity index (χ3n) is 4.88. The fourth-order valence-corrected chi connectivity index (χ4v) is 3.29. The van der Waals surface area contributed by atoms with Crippen LogP contribution in [0.25, 0.3) is 0 Å². The molecule has 2 aromatic rings. The highest BCUT2D eigenvalue weighted by molar-refractivity contribution is 5.34. The van der Waals surface area contributed by atoms with E-state index < -0.39 is 0 Å². The molecule has 3 rings (SSSR count). The summed E-state index contributed by atoms with van der Waals surface area (Å²) in [6.07, 6.45) is 8.26. The molecule has 0 atom stereocenters. The number of rotatable bonds is 4. The molecule has 1 saturated heterocycles. The maximum Gasteiger partial charge on any atom is 0.120 e. The highest BCUT2D eigenvalue weighted by atomic mass is 15.1. The van der Waals surface area contributed by atoms with Crippen LogP contribution in [0, 0.1) is 24.2 Å². The van der Waals surface area contributed by atoms with Gasteiger partial charge >= 0.3 is 0 Å². The minimum atomic E-state index is 0.747. The number of likely N-dealkylation sites (tertiary alicyclic amines) is 1. The van der Waals surface area contributed by atoms with E-state index in [9.17, 15) is 0 Å². The van der Waals surface area contributed by atoms with Gasteiger partial charge < -0.3 is 9.13 Å². The summed E-state index contributed by atoms with van der Waals surface area (Å²) < 4.78 is 4.17. The van der Waals surface area contributed by atoms with Gasteiger partial charge in [-0.25, -0.2) is 4.98 Å². The number of hydrogen-bond acceptors (Lipinski definition) is 3. The molecule has 0 amide bonds. The van der Waals surface area contributed by atoms with Gasteiger partial charge in [-0.3, -0.25) is 4.90 Å². The molecule has 3 heterocycles. The lowest BCUT2D eigenvalue weighted by molar-refractivity contribution is 0.167. The van der Waals surface area contributed by atoms with E-state index >= 15 is 0 Å². The fourth-order valence-electron chi connectivity index (χ4n) is 3.29. The smallest absolute Gasteiger partial charge is 0.120 e. The predicted octanol–water partition coefficient (Wildman–Crippen LogP) is 2.31. The van der Waals surface area contributed by atoms with Crippen LogP contribution < -0.4 is 0 Å². The van der Waals surface area contributed by atoms with Gasteiger partial charge in [0.2, 0.25) is 0 Å². The van der Waals surface area contributed by atoms with Crippen molar-refractivity contribution in [1.29, 1.82) is 5.26 Å². The molecule has 0 unspecified atom stereocenters. The Labute approximate surface area is 131 Å². The van der Waals surface area contributed by atoms with Gasteiger partial charge in [-0.1, -0.05) is 0 Å². The molecule has 5 nitrogen and oxygen atoms in total. The van der Waals surface area contributed by atoms with Gasteiger partial charge in [0, 0.05) is 38.2 Å². The van der Waals surface area contributed by atoms with Crippen molar-refractivity contribution in [1.82, 2.24) is 19.0 Å². The van der Waals surface area contributed by atoms with Crippen LogP contribution in [0.2, 0.25) is 0 Å². The van der Waals surface area contributed by atoms with Crippen molar-refractivity contribution >= 4 is 0 Å². The summed E-state index contributed by atoms with van der Waals surface area (Å²) in [5, 5.41) is 9.13. The third-order valence-corrected chi connectivity index (χ3v) is 4.88. The van der Waals surface area contributed by atoms with Crippen LogP contribution in [0.5, 0.6) is 0 Å². The van der Waals surface area contributed by atoms with Crippen LogP contribution in [0.3, 0.4) is 0 Å². The summed E-state index contributed by atoms with van der Waals surface area (Å²) in [7, 11) is 1.97. The summed E-state index contributed by atoms with van der Waals surface area (Å²) in [6, 6.07) is 4.30. The van der Waals surface area contributed by atoms with E-state index in [1.54, 1.807) is 0 Å². The monoisotopic (exact) mass is 297 g/mol. The maximum absolute atomic E-state index is 9.13. The van der Waals surface area contributed by atoms with E-state index in [2.05, 4.69) is 27.4 Å². The van der Waals surface area contributed by atoms with Crippen LogP contribution >= 0.6 is 0 Å². The normalized spacial score (nSPS) is 16.8. The van der Waals surface area contributed by atoms with Gasteiger partial charge in [0.25, 0.3) is 0 Å². The van der Waals surface area contributed by atoms with Crippen molar-refractivity contribution in [2.75, 3.05) is 13.1 Å². The van der Waals surface area contributed by atoms with Crippen molar-refractivity contribution in [3.8, 4) is 6.07 Å². The van der Waals surface area contributed by atoms with Crippen LogP contribution in [-0.4, -0.2) is 32.1 Å². The Morgan fingerprint density at radius 2 is 2.14 bits per heavy atom. The zero-order valence-electron chi connectivity index (χ0n) is 13.4. The molecule has 0 radical (unpaired) electrons. The highest BCUT2D eigenvalue weighted by Crippen LogP contribution is 2.22. The van der Waals surface area contributed by atoms with Gasteiger partial charge in [-0.05, 0) is 50.4 Å².